The van der Waals surface area contributed by atoms with Crippen molar-refractivity contribution < 1.29 is 23.8 Å². The van der Waals surface area contributed by atoms with Gasteiger partial charge < -0.3 is 14.2 Å². The van der Waals surface area contributed by atoms with Crippen molar-refractivity contribution in [2.45, 2.75) is 245 Å². The van der Waals surface area contributed by atoms with Crippen LogP contribution in [0.1, 0.15) is 239 Å². The molecule has 70 heavy (non-hydrogen) atoms. The molecule has 396 valence electrons. The van der Waals surface area contributed by atoms with Crippen molar-refractivity contribution in [2.24, 2.45) is 0 Å². The third-order valence-corrected chi connectivity index (χ3v) is 11.7. The van der Waals surface area contributed by atoms with Crippen LogP contribution in [0.15, 0.2) is 134 Å². The predicted octanol–water partition coefficient (Wildman–Crippen LogP) is 19.9. The summed E-state index contributed by atoms with van der Waals surface area (Å²) >= 11 is 0. The van der Waals surface area contributed by atoms with E-state index in [-0.39, 0.29) is 25.2 Å². The zero-order valence-electron chi connectivity index (χ0n) is 45.5. The van der Waals surface area contributed by atoms with Crippen LogP contribution in [0.3, 0.4) is 0 Å². The van der Waals surface area contributed by atoms with Crippen molar-refractivity contribution >= 4 is 11.9 Å². The van der Waals surface area contributed by atoms with Crippen LogP contribution in [0, 0.1) is 0 Å². The van der Waals surface area contributed by atoms with E-state index >= 15 is 0 Å². The maximum atomic E-state index is 12.6. The van der Waals surface area contributed by atoms with E-state index in [4.69, 9.17) is 14.2 Å². The van der Waals surface area contributed by atoms with Crippen LogP contribution >= 0.6 is 0 Å². The van der Waals surface area contributed by atoms with Crippen LogP contribution in [0.25, 0.3) is 0 Å². The summed E-state index contributed by atoms with van der Waals surface area (Å²) in [5, 5.41) is 0. The van der Waals surface area contributed by atoms with Crippen LogP contribution in [0.5, 0.6) is 0 Å². The lowest BCUT2D eigenvalue weighted by Gasteiger charge is -2.18. The fourth-order valence-electron chi connectivity index (χ4n) is 7.43. The molecule has 0 aliphatic carbocycles. The first-order chi connectivity index (χ1) is 34.6. The standard InChI is InChI=1S/C65H106O5/c1-4-7-10-13-16-19-22-25-28-31-33-35-37-40-43-46-49-52-55-58-64(66)69-61-63(68-60-57-54-51-48-45-42-39-30-27-24-21-18-15-12-9-6-3)62-70-65(67)59-56-53-50-47-44-41-38-36-34-32-29-26-23-20-17-14-11-8-5-2/h7,10,16-17,19-20,25-26,28-29,33-36,40-41,43-44,49-50,52-53,63H,4-6,8-9,11-15,18,21-24,27,30-32,37-39,42,45-48,51,54-62H2,1-3H3/b10-7-,19-16-,20-17-,28-25-,29-26-,35-33-,36-34-,43-40-,44-41-,52-49-,53-50-/t63-/m1/s1. The highest BCUT2D eigenvalue weighted by Crippen LogP contribution is 2.14. The maximum Gasteiger partial charge on any atom is 0.306 e. The van der Waals surface area contributed by atoms with Gasteiger partial charge in [-0.25, -0.2) is 0 Å². The average molecular weight is 968 g/mol. The molecule has 5 nitrogen and oxygen atoms in total. The van der Waals surface area contributed by atoms with Crippen LogP contribution in [0.4, 0.5) is 0 Å². The third kappa shape index (κ3) is 56.6. The van der Waals surface area contributed by atoms with E-state index in [0.29, 0.717) is 32.3 Å². The van der Waals surface area contributed by atoms with E-state index in [0.717, 1.165) is 77.0 Å². The van der Waals surface area contributed by atoms with Crippen molar-refractivity contribution in [2.75, 3.05) is 19.8 Å². The van der Waals surface area contributed by atoms with E-state index in [9.17, 15) is 9.59 Å². The highest BCUT2D eigenvalue weighted by molar-refractivity contribution is 5.70. The Kier molecular flexibility index (Phi) is 56.0. The number of ether oxygens (including phenoxy) is 3. The van der Waals surface area contributed by atoms with Crippen LogP contribution in [0.2, 0.25) is 0 Å². The van der Waals surface area contributed by atoms with Gasteiger partial charge in [-0.15, -0.1) is 0 Å². The first kappa shape index (κ1) is 66.0. The van der Waals surface area contributed by atoms with E-state index in [1.165, 1.54) is 116 Å². The summed E-state index contributed by atoms with van der Waals surface area (Å²) in [6, 6.07) is 0. The van der Waals surface area contributed by atoms with Crippen molar-refractivity contribution in [1.82, 2.24) is 0 Å². The lowest BCUT2D eigenvalue weighted by molar-refractivity contribution is -0.155. The van der Waals surface area contributed by atoms with Gasteiger partial charge in [-0.1, -0.05) is 264 Å². The summed E-state index contributed by atoms with van der Waals surface area (Å²) in [4.78, 5) is 25.3. The summed E-state index contributed by atoms with van der Waals surface area (Å²) in [6.07, 6.45) is 85.2. The second-order valence-electron chi connectivity index (χ2n) is 18.5. The molecule has 0 saturated heterocycles. The number of hydrogen-bond acceptors (Lipinski definition) is 5. The molecule has 0 amide bonds. The summed E-state index contributed by atoms with van der Waals surface area (Å²) in [5.41, 5.74) is 0. The summed E-state index contributed by atoms with van der Waals surface area (Å²) in [7, 11) is 0. The van der Waals surface area contributed by atoms with Gasteiger partial charge in [-0.2, -0.15) is 0 Å². The van der Waals surface area contributed by atoms with Crippen molar-refractivity contribution in [3.05, 3.63) is 134 Å². The molecule has 0 spiro atoms. The number of hydrogen-bond donors (Lipinski definition) is 0. The Morgan fingerprint density at radius 3 is 0.914 bits per heavy atom. The lowest BCUT2D eigenvalue weighted by atomic mass is 10.0. The fraction of sp³-hybridized carbons (Fsp3) is 0.631. The zero-order chi connectivity index (χ0) is 50.6. The molecule has 0 aromatic carbocycles. The van der Waals surface area contributed by atoms with Gasteiger partial charge in [0.1, 0.15) is 19.3 Å². The first-order valence-corrected chi connectivity index (χ1v) is 28.7. The normalized spacial score (nSPS) is 13.2. The number of carbonyl (C=O) groups is 2. The molecule has 1 atom stereocenters. The van der Waals surface area contributed by atoms with Gasteiger partial charge in [0, 0.05) is 19.4 Å². The quantitative estimate of drug-likeness (QED) is 0.0345. The first-order valence-electron chi connectivity index (χ1n) is 28.7. The highest BCUT2D eigenvalue weighted by atomic mass is 16.6. The zero-order valence-corrected chi connectivity index (χ0v) is 45.5. The van der Waals surface area contributed by atoms with Crippen molar-refractivity contribution in [3.63, 3.8) is 0 Å². The lowest BCUT2D eigenvalue weighted by Crippen LogP contribution is -2.29. The molecule has 0 aromatic rings. The molecular formula is C65H106O5. The Balaban J connectivity index is 4.50. The minimum Gasteiger partial charge on any atom is -0.463 e. The second-order valence-corrected chi connectivity index (χ2v) is 18.5. The topological polar surface area (TPSA) is 61.8 Å². The Hall–Kier alpha value is -3.96. The number of esters is 2. The molecule has 5 heteroatoms. The molecule has 0 aliphatic rings. The maximum absolute atomic E-state index is 12.6. The fourth-order valence-corrected chi connectivity index (χ4v) is 7.43. The van der Waals surface area contributed by atoms with Gasteiger partial charge in [0.05, 0.1) is 0 Å². The van der Waals surface area contributed by atoms with E-state index < -0.39 is 6.10 Å². The molecule has 0 N–H and O–H groups in total. The molecule has 0 saturated carbocycles. The Bertz CT molecular complexity index is 1470. The SMILES string of the molecule is CC/C=C\C/C=C\C/C=C\C/C=C\C/C=C\C/C=C\CCC(=O)OC[C@H](COC(=O)CC/C=C\C/C=C\C/C=C\C/C=C\C/C=C\CCCCC)OCCCCCCCCCCCCCCCCCC. The van der Waals surface area contributed by atoms with Gasteiger partial charge in [0.15, 0.2) is 0 Å². The van der Waals surface area contributed by atoms with E-state index in [2.05, 4.69) is 142 Å². The van der Waals surface area contributed by atoms with Gasteiger partial charge in [-0.3, -0.25) is 9.59 Å². The monoisotopic (exact) mass is 967 g/mol. The Morgan fingerprint density at radius 2 is 0.586 bits per heavy atom. The van der Waals surface area contributed by atoms with Crippen molar-refractivity contribution in [3.8, 4) is 0 Å². The molecule has 0 aliphatic heterocycles. The minimum atomic E-state index is -0.469. The molecule has 0 heterocycles. The highest BCUT2D eigenvalue weighted by Gasteiger charge is 2.15. The molecular weight excluding hydrogens is 861 g/mol. The molecule has 0 fully saturated rings. The largest absolute Gasteiger partial charge is 0.463 e. The molecule has 0 radical (unpaired) electrons. The molecule has 0 aromatic heterocycles. The van der Waals surface area contributed by atoms with Gasteiger partial charge >= 0.3 is 11.9 Å². The number of unbranched alkanes of at least 4 members (excludes halogenated alkanes) is 18. The van der Waals surface area contributed by atoms with Crippen molar-refractivity contribution in [1.29, 1.82) is 0 Å². The minimum absolute atomic E-state index is 0.0870. The Labute approximate surface area is 432 Å². The van der Waals surface area contributed by atoms with Crippen LogP contribution in [-0.2, 0) is 23.8 Å². The second kappa shape index (κ2) is 59.3. The predicted molar refractivity (Wildman–Crippen MR) is 306 cm³/mol. The van der Waals surface area contributed by atoms with Crippen LogP contribution in [-0.4, -0.2) is 37.9 Å². The smallest absolute Gasteiger partial charge is 0.306 e. The average Bonchev–Trinajstić information content (AvgIpc) is 3.36. The summed E-state index contributed by atoms with van der Waals surface area (Å²) in [6.45, 7) is 7.42. The van der Waals surface area contributed by atoms with Gasteiger partial charge in [0.25, 0.3) is 0 Å². The number of allylic oxidation sites excluding steroid dienone is 22. The summed E-state index contributed by atoms with van der Waals surface area (Å²) < 4.78 is 17.4. The summed E-state index contributed by atoms with van der Waals surface area (Å²) in [5.74, 6) is -0.525. The Morgan fingerprint density at radius 1 is 0.314 bits per heavy atom. The van der Waals surface area contributed by atoms with Gasteiger partial charge in [-0.05, 0) is 96.3 Å². The van der Waals surface area contributed by atoms with E-state index in [1.807, 2.05) is 12.2 Å². The van der Waals surface area contributed by atoms with Crippen LogP contribution < -0.4 is 0 Å². The van der Waals surface area contributed by atoms with Gasteiger partial charge in [0.2, 0.25) is 0 Å². The number of carbonyl (C=O) groups excluding carboxylic acids is 2. The molecule has 0 rings (SSSR count). The molecule has 0 unspecified atom stereocenters. The third-order valence-electron chi connectivity index (χ3n) is 11.7. The van der Waals surface area contributed by atoms with E-state index in [1.54, 1.807) is 0 Å². The number of rotatable bonds is 51. The molecule has 0 bridgehead atoms.